The molecule has 0 aliphatic rings. The molecule has 4 rings (SSSR count). The summed E-state index contributed by atoms with van der Waals surface area (Å²) in [6.07, 6.45) is 5.74. The van der Waals surface area contributed by atoms with Gasteiger partial charge in [-0.2, -0.15) is 21.5 Å². The third kappa shape index (κ3) is 7.09. The number of carbonyl (C=O) groups is 2. The maximum absolute atomic E-state index is 12.9. The Balaban J connectivity index is 1.54. The second-order valence-corrected chi connectivity index (χ2v) is 9.38. The van der Waals surface area contributed by atoms with Gasteiger partial charge in [-0.15, -0.1) is 5.10 Å². The van der Waals surface area contributed by atoms with E-state index in [4.69, 9.17) is 11.6 Å². The molecule has 2 amide bonds. The maximum Gasteiger partial charge on any atom is 0.411 e. The van der Waals surface area contributed by atoms with Crippen LogP contribution in [0, 0.1) is 0 Å². The molecule has 0 saturated heterocycles. The van der Waals surface area contributed by atoms with Crippen molar-refractivity contribution in [1.82, 2.24) is 35.7 Å². The number of amides is 2. The number of aromatic nitrogens is 6. The van der Waals surface area contributed by atoms with Gasteiger partial charge in [0.2, 0.25) is 5.91 Å². The highest BCUT2D eigenvalue weighted by Gasteiger charge is 2.18. The van der Waals surface area contributed by atoms with E-state index in [0.717, 1.165) is 0 Å². The van der Waals surface area contributed by atoms with Crippen molar-refractivity contribution in [2.75, 3.05) is 24.4 Å². The molecule has 0 saturated carbocycles. The van der Waals surface area contributed by atoms with Crippen molar-refractivity contribution in [1.29, 1.82) is 0 Å². The van der Waals surface area contributed by atoms with Gasteiger partial charge in [-0.1, -0.05) is 23.7 Å². The Kier molecular flexibility index (Phi) is 9.07. The molecule has 0 radical (unpaired) electrons. The minimum absolute atomic E-state index is 0.366. The fraction of sp³-hybridized carbons (Fsp3) is 0.160. The lowest BCUT2D eigenvalue weighted by Crippen LogP contribution is -2.30. The zero-order valence-corrected chi connectivity index (χ0v) is 22.4. The van der Waals surface area contributed by atoms with Gasteiger partial charge in [-0.05, 0) is 64.7 Å². The number of nitrogens with one attached hydrogen (secondary N) is 3. The smallest absolute Gasteiger partial charge is 0.411 e. The lowest BCUT2D eigenvalue weighted by molar-refractivity contribution is -0.117. The summed E-state index contributed by atoms with van der Waals surface area (Å²) in [6.45, 7) is 0. The molecule has 200 valence electrons. The molecule has 0 aliphatic carbocycles. The number of H-pyrrole nitrogens is 1. The normalized spacial score (nSPS) is 11.8. The molecular formula is C25H23ClN8O4S. The van der Waals surface area contributed by atoms with Crippen LogP contribution >= 0.6 is 23.4 Å². The van der Waals surface area contributed by atoms with Gasteiger partial charge >= 0.3 is 6.09 Å². The highest BCUT2D eigenvalue weighted by Crippen LogP contribution is 2.23. The largest absolute Gasteiger partial charge is 0.453 e. The second-order valence-electron chi connectivity index (χ2n) is 8.04. The third-order valence-corrected chi connectivity index (χ3v) is 6.36. The molecule has 2 aromatic heterocycles. The average molecular weight is 567 g/mol. The first-order chi connectivity index (χ1) is 18.9. The molecule has 39 heavy (non-hydrogen) atoms. The Bertz CT molecular complexity index is 1540. The number of hydrogen-bond acceptors (Lipinski definition) is 9. The van der Waals surface area contributed by atoms with Gasteiger partial charge in [0.05, 0.1) is 30.1 Å². The minimum Gasteiger partial charge on any atom is -0.453 e. The van der Waals surface area contributed by atoms with Crippen molar-refractivity contribution in [3.8, 4) is 16.8 Å². The molecule has 2 aromatic carbocycles. The predicted molar refractivity (Wildman–Crippen MR) is 149 cm³/mol. The van der Waals surface area contributed by atoms with E-state index in [2.05, 4.69) is 41.1 Å². The molecule has 14 heteroatoms. The summed E-state index contributed by atoms with van der Waals surface area (Å²) >= 11 is 7.67. The number of benzene rings is 2. The van der Waals surface area contributed by atoms with Crippen LogP contribution in [0.25, 0.3) is 22.9 Å². The Morgan fingerprint density at radius 1 is 1.21 bits per heavy atom. The number of halogens is 1. The number of anilines is 1. The molecule has 1 atom stereocenters. The van der Waals surface area contributed by atoms with E-state index in [1.165, 1.54) is 36.0 Å². The van der Waals surface area contributed by atoms with E-state index >= 15 is 0 Å². The average Bonchev–Trinajstić information content (AvgIpc) is 3.47. The molecule has 3 N–H and O–H groups in total. The van der Waals surface area contributed by atoms with Crippen LogP contribution in [-0.4, -0.2) is 61.5 Å². The van der Waals surface area contributed by atoms with Crippen LogP contribution in [0.1, 0.15) is 17.3 Å². The number of methoxy groups -OCH3 is 1. The van der Waals surface area contributed by atoms with Gasteiger partial charge in [0, 0.05) is 28.1 Å². The molecule has 4 aromatic rings. The topological polar surface area (TPSA) is 157 Å². The summed E-state index contributed by atoms with van der Waals surface area (Å²) in [5.74, 6) is 0.136. The number of rotatable bonds is 9. The van der Waals surface area contributed by atoms with Crippen LogP contribution in [0.3, 0.4) is 0 Å². The van der Waals surface area contributed by atoms with Crippen molar-refractivity contribution < 1.29 is 14.3 Å². The summed E-state index contributed by atoms with van der Waals surface area (Å²) in [5, 5.41) is 23.9. The molecule has 12 nitrogen and oxygen atoms in total. The van der Waals surface area contributed by atoms with Crippen molar-refractivity contribution in [3.05, 3.63) is 87.6 Å². The first-order valence-corrected chi connectivity index (χ1v) is 13.2. The van der Waals surface area contributed by atoms with Gasteiger partial charge in [-0.3, -0.25) is 14.9 Å². The number of hydrogen-bond donors (Lipinski definition) is 3. The standard InChI is InChI=1S/C25H23ClN8O4S/c1-38-25(37)28-18-7-3-15(4-8-18)19-12-20(30-31-24(19)36)21(13-39-2)29-23(35)10-5-16-11-17(26)6-9-22(16)34-14-27-32-33-34/h3-12,14,21H,13H2,1-2H3,(H,28,37)(H,29,35)(H,31,36)/t21-/m0/s1. The van der Waals surface area contributed by atoms with Gasteiger partial charge in [-0.25, -0.2) is 9.89 Å². The number of carbonyl (C=O) groups excluding carboxylic acids is 2. The quantitative estimate of drug-likeness (QED) is 0.258. The molecule has 0 unspecified atom stereocenters. The number of thioether (sulfide) groups is 1. The maximum atomic E-state index is 12.9. The zero-order chi connectivity index (χ0) is 27.8. The van der Waals surface area contributed by atoms with E-state index in [1.54, 1.807) is 54.6 Å². The highest BCUT2D eigenvalue weighted by molar-refractivity contribution is 7.98. The number of ether oxygens (including phenoxy) is 1. The van der Waals surface area contributed by atoms with Gasteiger partial charge in [0.1, 0.15) is 6.33 Å². The van der Waals surface area contributed by atoms with Crippen LogP contribution < -0.4 is 16.2 Å². The van der Waals surface area contributed by atoms with Gasteiger partial charge in [0.25, 0.3) is 5.56 Å². The molecule has 0 bridgehead atoms. The summed E-state index contributed by atoms with van der Waals surface area (Å²) < 4.78 is 6.05. The first-order valence-electron chi connectivity index (χ1n) is 11.4. The Morgan fingerprint density at radius 2 is 2.00 bits per heavy atom. The number of nitrogens with zero attached hydrogens (tertiary/aromatic N) is 5. The fourth-order valence-electron chi connectivity index (χ4n) is 3.61. The fourth-order valence-corrected chi connectivity index (χ4v) is 4.38. The summed E-state index contributed by atoms with van der Waals surface area (Å²) in [5.41, 5.74) is 2.87. The van der Waals surface area contributed by atoms with Crippen molar-refractivity contribution in [2.24, 2.45) is 0 Å². The SMILES string of the molecule is COC(=O)Nc1ccc(-c2cc([C@H](CSC)NC(=O)C=Cc3cc(Cl)ccc3-n3cnnn3)n[nH]c2=O)cc1. The molecule has 0 aliphatic heterocycles. The lowest BCUT2D eigenvalue weighted by Gasteiger charge is -2.17. The molecular weight excluding hydrogens is 544 g/mol. The monoisotopic (exact) mass is 566 g/mol. The van der Waals surface area contributed by atoms with Crippen LogP contribution in [0.5, 0.6) is 0 Å². The zero-order valence-electron chi connectivity index (χ0n) is 20.8. The minimum atomic E-state index is -0.599. The van der Waals surface area contributed by atoms with Gasteiger partial charge < -0.3 is 10.1 Å². The van der Waals surface area contributed by atoms with Gasteiger partial charge in [0.15, 0.2) is 0 Å². The Hall–Kier alpha value is -4.49. The Morgan fingerprint density at radius 3 is 2.69 bits per heavy atom. The van der Waals surface area contributed by atoms with Crippen LogP contribution in [0.4, 0.5) is 10.5 Å². The first kappa shape index (κ1) is 27.5. The lowest BCUT2D eigenvalue weighted by atomic mass is 10.1. The highest BCUT2D eigenvalue weighted by atomic mass is 35.5. The summed E-state index contributed by atoms with van der Waals surface area (Å²) in [7, 11) is 1.27. The second kappa shape index (κ2) is 12.8. The van der Waals surface area contributed by atoms with E-state index in [0.29, 0.717) is 44.5 Å². The predicted octanol–water partition coefficient (Wildman–Crippen LogP) is 3.48. The molecule has 0 spiro atoms. The third-order valence-electron chi connectivity index (χ3n) is 5.46. The Labute approximate surface area is 231 Å². The van der Waals surface area contributed by atoms with Crippen LogP contribution in [-0.2, 0) is 9.53 Å². The van der Waals surface area contributed by atoms with E-state index in [-0.39, 0.29) is 5.91 Å². The molecule has 2 heterocycles. The van der Waals surface area contributed by atoms with E-state index in [1.807, 2.05) is 6.26 Å². The van der Waals surface area contributed by atoms with Crippen LogP contribution in [0.2, 0.25) is 5.02 Å². The molecule has 0 fully saturated rings. The van der Waals surface area contributed by atoms with Crippen molar-refractivity contribution in [3.63, 3.8) is 0 Å². The summed E-state index contributed by atoms with van der Waals surface area (Å²) in [6, 6.07) is 13.0. The van der Waals surface area contributed by atoms with Crippen molar-refractivity contribution in [2.45, 2.75) is 6.04 Å². The van der Waals surface area contributed by atoms with Crippen molar-refractivity contribution >= 4 is 47.1 Å². The summed E-state index contributed by atoms with van der Waals surface area (Å²) in [4.78, 5) is 36.9. The van der Waals surface area contributed by atoms with E-state index < -0.39 is 17.7 Å². The van der Waals surface area contributed by atoms with E-state index in [9.17, 15) is 14.4 Å². The number of tetrazole rings is 1. The van der Waals surface area contributed by atoms with Crippen LogP contribution in [0.15, 0.2) is 65.7 Å². The number of aromatic amines is 1.